The topological polar surface area (TPSA) is 33.2 Å². The van der Waals surface area contributed by atoms with E-state index in [-0.39, 0.29) is 5.91 Å². The molecule has 1 amide bonds. The molecule has 0 spiro atoms. The van der Waals surface area contributed by atoms with Crippen LogP contribution in [0.25, 0.3) is 0 Å². The van der Waals surface area contributed by atoms with Gasteiger partial charge in [0.05, 0.1) is 11.4 Å². The zero-order valence-electron chi connectivity index (χ0n) is 16.4. The number of rotatable bonds is 5. The number of para-hydroxylation sites is 1. The Labute approximate surface area is 169 Å². The highest BCUT2D eigenvalue weighted by atomic mass is 32.2. The monoisotopic (exact) mass is 396 g/mol. The SMILES string of the molecule is CC(=O)N(c1nc(CSc2ccc(C)cc2C)cs1)c1c(C)cccc1C. The summed E-state index contributed by atoms with van der Waals surface area (Å²) in [7, 11) is 0. The predicted octanol–water partition coefficient (Wildman–Crippen LogP) is 6.35. The molecule has 0 bridgehead atoms. The van der Waals surface area contributed by atoms with Crippen LogP contribution in [0.15, 0.2) is 46.7 Å². The van der Waals surface area contributed by atoms with E-state index in [1.54, 1.807) is 23.6 Å². The Morgan fingerprint density at radius 3 is 2.41 bits per heavy atom. The minimum atomic E-state index is -0.0182. The number of thiazole rings is 1. The van der Waals surface area contributed by atoms with Gasteiger partial charge in [0.25, 0.3) is 0 Å². The molecule has 1 heterocycles. The largest absolute Gasteiger partial charge is 0.274 e. The first-order valence-corrected chi connectivity index (χ1v) is 10.7. The van der Waals surface area contributed by atoms with Crippen LogP contribution in [0.5, 0.6) is 0 Å². The lowest BCUT2D eigenvalue weighted by Gasteiger charge is -2.22. The normalized spacial score (nSPS) is 10.9. The zero-order chi connectivity index (χ0) is 19.6. The Kier molecular flexibility index (Phi) is 6.02. The summed E-state index contributed by atoms with van der Waals surface area (Å²) in [4.78, 5) is 20.2. The van der Waals surface area contributed by atoms with E-state index in [0.717, 1.165) is 33.4 Å². The van der Waals surface area contributed by atoms with Crippen molar-refractivity contribution in [2.24, 2.45) is 0 Å². The van der Waals surface area contributed by atoms with Crippen molar-refractivity contribution >= 4 is 39.8 Å². The van der Waals surface area contributed by atoms with Crippen molar-refractivity contribution < 1.29 is 4.79 Å². The van der Waals surface area contributed by atoms with Crippen molar-refractivity contribution in [3.8, 4) is 0 Å². The zero-order valence-corrected chi connectivity index (χ0v) is 18.0. The number of carbonyl (C=O) groups excluding carboxylic acids is 1. The minimum Gasteiger partial charge on any atom is -0.274 e. The average molecular weight is 397 g/mol. The van der Waals surface area contributed by atoms with Gasteiger partial charge in [0, 0.05) is 23.0 Å². The fourth-order valence-electron chi connectivity index (χ4n) is 3.12. The van der Waals surface area contributed by atoms with Gasteiger partial charge in [-0.3, -0.25) is 9.69 Å². The van der Waals surface area contributed by atoms with E-state index in [1.165, 1.54) is 27.4 Å². The first-order valence-electron chi connectivity index (χ1n) is 8.88. The molecule has 3 nitrogen and oxygen atoms in total. The molecule has 3 aromatic rings. The molecular formula is C22H24N2OS2. The van der Waals surface area contributed by atoms with Crippen LogP contribution in [0, 0.1) is 27.7 Å². The summed E-state index contributed by atoms with van der Waals surface area (Å²) in [6.07, 6.45) is 0. The number of aryl methyl sites for hydroxylation is 4. The summed E-state index contributed by atoms with van der Waals surface area (Å²) in [5, 5.41) is 2.78. The molecule has 0 unspecified atom stereocenters. The van der Waals surface area contributed by atoms with Crippen LogP contribution in [-0.2, 0) is 10.5 Å². The highest BCUT2D eigenvalue weighted by Gasteiger charge is 2.21. The maximum absolute atomic E-state index is 12.4. The van der Waals surface area contributed by atoms with Crippen molar-refractivity contribution in [2.45, 2.75) is 45.3 Å². The van der Waals surface area contributed by atoms with E-state index in [4.69, 9.17) is 4.98 Å². The molecular weight excluding hydrogens is 372 g/mol. The molecule has 0 aliphatic heterocycles. The Bertz CT molecular complexity index is 958. The summed E-state index contributed by atoms with van der Waals surface area (Å²) in [5.41, 5.74) is 6.65. The summed E-state index contributed by atoms with van der Waals surface area (Å²) >= 11 is 3.31. The van der Waals surface area contributed by atoms with Crippen molar-refractivity contribution in [1.82, 2.24) is 4.98 Å². The maximum Gasteiger partial charge on any atom is 0.230 e. The molecule has 0 aliphatic carbocycles. The second-order valence-corrected chi connectivity index (χ2v) is 8.63. The van der Waals surface area contributed by atoms with E-state index in [1.807, 2.05) is 32.0 Å². The third-order valence-electron chi connectivity index (χ3n) is 4.41. The second kappa shape index (κ2) is 8.28. The van der Waals surface area contributed by atoms with Gasteiger partial charge in [0.1, 0.15) is 0 Å². The highest BCUT2D eigenvalue weighted by molar-refractivity contribution is 7.98. The van der Waals surface area contributed by atoms with Crippen molar-refractivity contribution in [2.75, 3.05) is 4.90 Å². The Hall–Kier alpha value is -2.11. The summed E-state index contributed by atoms with van der Waals surface area (Å²) in [6, 6.07) is 12.6. The van der Waals surface area contributed by atoms with E-state index >= 15 is 0 Å². The molecule has 2 aromatic carbocycles. The van der Waals surface area contributed by atoms with Gasteiger partial charge in [-0.2, -0.15) is 0 Å². The fourth-order valence-corrected chi connectivity index (χ4v) is 5.00. The molecule has 140 valence electrons. The van der Waals surface area contributed by atoms with Crippen molar-refractivity contribution in [3.63, 3.8) is 0 Å². The number of carbonyl (C=O) groups is 1. The molecule has 0 aliphatic rings. The third kappa shape index (κ3) is 4.42. The predicted molar refractivity (Wildman–Crippen MR) is 116 cm³/mol. The number of anilines is 2. The molecule has 5 heteroatoms. The summed E-state index contributed by atoms with van der Waals surface area (Å²) < 4.78 is 0. The molecule has 0 radical (unpaired) electrons. The lowest BCUT2D eigenvalue weighted by atomic mass is 10.1. The number of amides is 1. The molecule has 0 saturated carbocycles. The van der Waals surface area contributed by atoms with E-state index in [0.29, 0.717) is 0 Å². The molecule has 0 atom stereocenters. The van der Waals surface area contributed by atoms with Crippen LogP contribution in [-0.4, -0.2) is 10.9 Å². The Morgan fingerprint density at radius 2 is 1.78 bits per heavy atom. The molecule has 1 aromatic heterocycles. The highest BCUT2D eigenvalue weighted by Crippen LogP contribution is 2.35. The number of nitrogens with zero attached hydrogens (tertiary/aromatic N) is 2. The van der Waals surface area contributed by atoms with Crippen LogP contribution in [0.3, 0.4) is 0 Å². The molecule has 27 heavy (non-hydrogen) atoms. The first kappa shape index (κ1) is 19.6. The molecule has 3 rings (SSSR count). The van der Waals surface area contributed by atoms with Crippen LogP contribution in [0.2, 0.25) is 0 Å². The van der Waals surface area contributed by atoms with Crippen LogP contribution in [0.4, 0.5) is 10.8 Å². The minimum absolute atomic E-state index is 0.0182. The van der Waals surface area contributed by atoms with Gasteiger partial charge in [-0.05, 0) is 50.5 Å². The quantitative estimate of drug-likeness (QED) is 0.471. The van der Waals surface area contributed by atoms with Crippen LogP contribution >= 0.6 is 23.1 Å². The lowest BCUT2D eigenvalue weighted by molar-refractivity contribution is -0.115. The third-order valence-corrected chi connectivity index (χ3v) is 6.50. The summed E-state index contributed by atoms with van der Waals surface area (Å²) in [5.74, 6) is 0.772. The van der Waals surface area contributed by atoms with E-state index < -0.39 is 0 Å². The Morgan fingerprint density at radius 1 is 1.07 bits per heavy atom. The van der Waals surface area contributed by atoms with Crippen molar-refractivity contribution in [1.29, 1.82) is 0 Å². The smallest absolute Gasteiger partial charge is 0.230 e. The van der Waals surface area contributed by atoms with Crippen LogP contribution < -0.4 is 4.90 Å². The Balaban J connectivity index is 1.83. The maximum atomic E-state index is 12.4. The van der Waals surface area contributed by atoms with Gasteiger partial charge in [0.2, 0.25) is 5.91 Å². The first-order chi connectivity index (χ1) is 12.9. The fraction of sp³-hybridized carbons (Fsp3) is 0.273. The number of hydrogen-bond acceptors (Lipinski definition) is 4. The molecule has 0 saturated heterocycles. The number of aromatic nitrogens is 1. The van der Waals surface area contributed by atoms with Crippen molar-refractivity contribution in [3.05, 3.63) is 69.7 Å². The van der Waals surface area contributed by atoms with E-state index in [9.17, 15) is 4.79 Å². The van der Waals surface area contributed by atoms with Gasteiger partial charge in [0.15, 0.2) is 5.13 Å². The molecule has 0 fully saturated rings. The number of thioether (sulfide) groups is 1. The number of hydrogen-bond donors (Lipinski definition) is 0. The van der Waals surface area contributed by atoms with Gasteiger partial charge < -0.3 is 0 Å². The average Bonchev–Trinajstić information content (AvgIpc) is 3.05. The van der Waals surface area contributed by atoms with Crippen LogP contribution in [0.1, 0.15) is 34.9 Å². The molecule has 0 N–H and O–H groups in total. The second-order valence-electron chi connectivity index (χ2n) is 6.77. The van der Waals surface area contributed by atoms with Gasteiger partial charge in [-0.25, -0.2) is 4.98 Å². The summed E-state index contributed by atoms with van der Waals surface area (Å²) in [6.45, 7) is 9.90. The number of benzene rings is 2. The standard InChI is InChI=1S/C22H24N2OS2/c1-14-9-10-20(17(4)11-14)26-12-19-13-27-22(23-19)24(18(5)25)21-15(2)7-6-8-16(21)3/h6-11,13H,12H2,1-5H3. The van der Waals surface area contributed by atoms with Gasteiger partial charge in [-0.15, -0.1) is 23.1 Å². The van der Waals surface area contributed by atoms with Gasteiger partial charge in [-0.1, -0.05) is 35.9 Å². The lowest BCUT2D eigenvalue weighted by Crippen LogP contribution is -2.24. The van der Waals surface area contributed by atoms with E-state index in [2.05, 4.69) is 37.4 Å². The van der Waals surface area contributed by atoms with Gasteiger partial charge >= 0.3 is 0 Å².